The van der Waals surface area contributed by atoms with Gasteiger partial charge in [-0.05, 0) is 18.8 Å². The Hall–Kier alpha value is -0.880. The third-order valence-electron chi connectivity index (χ3n) is 3.07. The van der Waals surface area contributed by atoms with E-state index in [-0.39, 0.29) is 12.0 Å². The second-order valence-corrected chi connectivity index (χ2v) is 6.79. The highest BCUT2D eigenvalue weighted by molar-refractivity contribution is 7.91. The molecule has 90 valence electrons. The Morgan fingerprint density at radius 2 is 2.44 bits per heavy atom. The van der Waals surface area contributed by atoms with Crippen LogP contribution in [0.25, 0.3) is 0 Å². The van der Waals surface area contributed by atoms with Crippen LogP contribution in [0, 0.1) is 5.92 Å². The number of nitrogens with zero attached hydrogens (tertiary/aromatic N) is 2. The average Bonchev–Trinajstić information content (AvgIpc) is 2.73. The molecule has 2 rings (SSSR count). The summed E-state index contributed by atoms with van der Waals surface area (Å²) < 4.78 is 24.3. The first-order valence-corrected chi connectivity index (χ1v) is 7.23. The maximum absolute atomic E-state index is 11.3. The van der Waals surface area contributed by atoms with Crippen molar-refractivity contribution in [1.29, 1.82) is 0 Å². The lowest BCUT2D eigenvalue weighted by Crippen LogP contribution is -2.16. The minimum Gasteiger partial charge on any atom is -0.324 e. The van der Waals surface area contributed by atoms with Gasteiger partial charge in [-0.2, -0.15) is 5.10 Å². The van der Waals surface area contributed by atoms with Crippen molar-refractivity contribution in [3.8, 4) is 0 Å². The molecule has 2 N–H and O–H groups in total. The molecule has 0 saturated carbocycles. The molecule has 1 aliphatic heterocycles. The molecule has 1 saturated heterocycles. The third kappa shape index (κ3) is 2.62. The van der Waals surface area contributed by atoms with E-state index in [9.17, 15) is 8.42 Å². The Bertz CT molecular complexity index is 466. The van der Waals surface area contributed by atoms with E-state index < -0.39 is 9.84 Å². The van der Waals surface area contributed by atoms with E-state index in [1.165, 1.54) is 0 Å². The number of hydrogen-bond donors (Lipinski definition) is 1. The molecule has 0 radical (unpaired) electrons. The minimum atomic E-state index is -2.79. The SMILES string of the molecule is Cn1cc(C(N)CC2CCS(=O)(=O)C2)cn1. The van der Waals surface area contributed by atoms with E-state index in [1.807, 2.05) is 13.2 Å². The van der Waals surface area contributed by atoms with Crippen LogP contribution < -0.4 is 5.73 Å². The van der Waals surface area contributed by atoms with E-state index >= 15 is 0 Å². The number of rotatable bonds is 3. The normalized spacial score (nSPS) is 25.8. The number of sulfone groups is 1. The van der Waals surface area contributed by atoms with Gasteiger partial charge < -0.3 is 5.73 Å². The first-order valence-electron chi connectivity index (χ1n) is 5.41. The second kappa shape index (κ2) is 4.18. The molecule has 1 aromatic rings. The van der Waals surface area contributed by atoms with E-state index in [0.29, 0.717) is 11.5 Å². The molecule has 0 aromatic carbocycles. The third-order valence-corrected chi connectivity index (χ3v) is 4.90. The molecule has 2 heterocycles. The Morgan fingerprint density at radius 1 is 1.69 bits per heavy atom. The molecule has 0 amide bonds. The fourth-order valence-electron chi connectivity index (χ4n) is 2.18. The summed E-state index contributed by atoms with van der Waals surface area (Å²) in [5.41, 5.74) is 7.01. The average molecular weight is 243 g/mol. The molecule has 1 aromatic heterocycles. The zero-order chi connectivity index (χ0) is 11.8. The van der Waals surface area contributed by atoms with Crippen LogP contribution in [0.15, 0.2) is 12.4 Å². The highest BCUT2D eigenvalue weighted by atomic mass is 32.2. The second-order valence-electron chi connectivity index (χ2n) is 4.56. The van der Waals surface area contributed by atoms with Crippen LogP contribution in [0.1, 0.15) is 24.4 Å². The van der Waals surface area contributed by atoms with Gasteiger partial charge in [0, 0.05) is 24.8 Å². The van der Waals surface area contributed by atoms with Crippen molar-refractivity contribution in [2.75, 3.05) is 11.5 Å². The molecule has 1 fully saturated rings. The van der Waals surface area contributed by atoms with Crippen molar-refractivity contribution in [2.45, 2.75) is 18.9 Å². The molecule has 16 heavy (non-hydrogen) atoms. The lowest BCUT2D eigenvalue weighted by Gasteiger charge is -2.13. The Morgan fingerprint density at radius 3 is 2.94 bits per heavy atom. The maximum Gasteiger partial charge on any atom is 0.150 e. The summed E-state index contributed by atoms with van der Waals surface area (Å²) in [6, 6.07) is -0.105. The summed E-state index contributed by atoms with van der Waals surface area (Å²) in [5.74, 6) is 0.818. The molecule has 0 spiro atoms. The Labute approximate surface area is 95.6 Å². The smallest absolute Gasteiger partial charge is 0.150 e. The minimum absolute atomic E-state index is 0.105. The first-order chi connectivity index (χ1) is 7.46. The van der Waals surface area contributed by atoms with Gasteiger partial charge in [0.25, 0.3) is 0 Å². The van der Waals surface area contributed by atoms with Crippen LogP contribution in [0.4, 0.5) is 0 Å². The zero-order valence-electron chi connectivity index (χ0n) is 9.33. The van der Waals surface area contributed by atoms with Gasteiger partial charge in [-0.3, -0.25) is 4.68 Å². The predicted molar refractivity (Wildman–Crippen MR) is 61.5 cm³/mol. The fraction of sp³-hybridized carbons (Fsp3) is 0.700. The molecule has 0 aliphatic carbocycles. The van der Waals surface area contributed by atoms with E-state index in [4.69, 9.17) is 5.73 Å². The summed E-state index contributed by atoms with van der Waals surface area (Å²) in [7, 11) is -0.951. The predicted octanol–water partition coefficient (Wildman–Crippen LogP) is 0.245. The van der Waals surface area contributed by atoms with Crippen molar-refractivity contribution in [3.05, 3.63) is 18.0 Å². The van der Waals surface area contributed by atoms with Gasteiger partial charge in [0.15, 0.2) is 9.84 Å². The van der Waals surface area contributed by atoms with Gasteiger partial charge in [0.2, 0.25) is 0 Å². The van der Waals surface area contributed by atoms with Crippen molar-refractivity contribution in [3.63, 3.8) is 0 Å². The van der Waals surface area contributed by atoms with Gasteiger partial charge in [-0.25, -0.2) is 8.42 Å². The molecule has 2 unspecified atom stereocenters. The molecule has 2 atom stereocenters. The standard InChI is InChI=1S/C10H17N3O2S/c1-13-6-9(5-12-13)10(11)4-8-2-3-16(14,15)7-8/h5-6,8,10H,2-4,7,11H2,1H3. The summed E-state index contributed by atoms with van der Waals surface area (Å²) in [4.78, 5) is 0. The van der Waals surface area contributed by atoms with Crippen molar-refractivity contribution < 1.29 is 8.42 Å². The van der Waals surface area contributed by atoms with Crippen LogP contribution in [0.5, 0.6) is 0 Å². The lowest BCUT2D eigenvalue weighted by molar-refractivity contribution is 0.481. The van der Waals surface area contributed by atoms with Gasteiger partial charge in [-0.15, -0.1) is 0 Å². The first kappa shape index (κ1) is 11.6. The van der Waals surface area contributed by atoms with Crippen molar-refractivity contribution in [1.82, 2.24) is 9.78 Å². The van der Waals surface area contributed by atoms with Crippen molar-refractivity contribution >= 4 is 9.84 Å². The highest BCUT2D eigenvalue weighted by Gasteiger charge is 2.29. The topological polar surface area (TPSA) is 78.0 Å². The number of hydrogen-bond acceptors (Lipinski definition) is 4. The lowest BCUT2D eigenvalue weighted by atomic mass is 9.97. The maximum atomic E-state index is 11.3. The molecule has 1 aliphatic rings. The largest absolute Gasteiger partial charge is 0.324 e. The number of aromatic nitrogens is 2. The van der Waals surface area contributed by atoms with Crippen molar-refractivity contribution in [2.24, 2.45) is 18.7 Å². The van der Waals surface area contributed by atoms with Gasteiger partial charge >= 0.3 is 0 Å². The molecular formula is C10H17N3O2S. The number of aryl methyl sites for hydroxylation is 1. The summed E-state index contributed by atoms with van der Waals surface area (Å²) in [6.07, 6.45) is 5.10. The fourth-order valence-corrected chi connectivity index (χ4v) is 4.06. The monoisotopic (exact) mass is 243 g/mol. The Balaban J connectivity index is 1.96. The van der Waals surface area contributed by atoms with E-state index in [1.54, 1.807) is 10.9 Å². The highest BCUT2D eigenvalue weighted by Crippen LogP contribution is 2.27. The van der Waals surface area contributed by atoms with Crippen LogP contribution in [-0.4, -0.2) is 29.7 Å². The van der Waals surface area contributed by atoms with Crippen LogP contribution in [-0.2, 0) is 16.9 Å². The molecule has 5 nitrogen and oxygen atoms in total. The van der Waals surface area contributed by atoms with Crippen LogP contribution in [0.2, 0.25) is 0 Å². The summed E-state index contributed by atoms with van der Waals surface area (Å²) >= 11 is 0. The summed E-state index contributed by atoms with van der Waals surface area (Å²) in [5, 5.41) is 4.06. The molecule has 0 bridgehead atoms. The quantitative estimate of drug-likeness (QED) is 0.825. The van der Waals surface area contributed by atoms with E-state index in [0.717, 1.165) is 18.4 Å². The van der Waals surface area contributed by atoms with Gasteiger partial charge in [-0.1, -0.05) is 0 Å². The molecular weight excluding hydrogens is 226 g/mol. The van der Waals surface area contributed by atoms with Gasteiger partial charge in [0.05, 0.1) is 17.7 Å². The molecule has 6 heteroatoms. The van der Waals surface area contributed by atoms with E-state index in [2.05, 4.69) is 5.10 Å². The number of nitrogens with two attached hydrogens (primary N) is 1. The van der Waals surface area contributed by atoms with Gasteiger partial charge in [0.1, 0.15) is 0 Å². The van der Waals surface area contributed by atoms with Crippen LogP contribution in [0.3, 0.4) is 0 Å². The Kier molecular flexibility index (Phi) is 3.03. The van der Waals surface area contributed by atoms with Crippen LogP contribution >= 0.6 is 0 Å². The summed E-state index contributed by atoms with van der Waals surface area (Å²) in [6.45, 7) is 0. The zero-order valence-corrected chi connectivity index (χ0v) is 10.2.